The van der Waals surface area contributed by atoms with Crippen LogP contribution in [0.4, 0.5) is 5.69 Å². The molecule has 2 heterocycles. The third-order valence-electron chi connectivity index (χ3n) is 3.46. The minimum Gasteiger partial charge on any atom is -0.377 e. The Morgan fingerprint density at radius 3 is 2.71 bits per heavy atom. The summed E-state index contributed by atoms with van der Waals surface area (Å²) in [6.07, 6.45) is 5.27. The quantitative estimate of drug-likeness (QED) is 0.798. The van der Waals surface area contributed by atoms with Gasteiger partial charge in [-0.25, -0.2) is 9.67 Å². The highest BCUT2D eigenvalue weighted by Crippen LogP contribution is 2.25. The van der Waals surface area contributed by atoms with Gasteiger partial charge >= 0.3 is 0 Å². The van der Waals surface area contributed by atoms with Crippen LogP contribution in [0.1, 0.15) is 24.2 Å². The smallest absolute Gasteiger partial charge is 0.138 e. The molecular weight excluding hydrogens is 264 g/mol. The fourth-order valence-electron chi connectivity index (χ4n) is 2.48. The molecule has 0 saturated carbocycles. The number of aromatic nitrogens is 5. The summed E-state index contributed by atoms with van der Waals surface area (Å²) >= 11 is 0. The van der Waals surface area contributed by atoms with Crippen molar-refractivity contribution in [3.05, 3.63) is 54.4 Å². The predicted octanol–water partition coefficient (Wildman–Crippen LogP) is 2.48. The summed E-state index contributed by atoms with van der Waals surface area (Å²) in [5.41, 5.74) is 4.21. The Balaban J connectivity index is 1.90. The zero-order valence-corrected chi connectivity index (χ0v) is 12.4. The number of hydrogen-bond donors (Lipinski definition) is 1. The summed E-state index contributed by atoms with van der Waals surface area (Å²) < 4.78 is 3.59. The summed E-state index contributed by atoms with van der Waals surface area (Å²) in [5, 5.41) is 12.1. The van der Waals surface area contributed by atoms with Crippen LogP contribution >= 0.6 is 0 Å². The van der Waals surface area contributed by atoms with Crippen molar-refractivity contribution in [2.24, 2.45) is 7.05 Å². The summed E-state index contributed by atoms with van der Waals surface area (Å²) in [7, 11) is 1.94. The first kappa shape index (κ1) is 13.4. The van der Waals surface area contributed by atoms with Gasteiger partial charge in [0.25, 0.3) is 0 Å². The molecule has 2 aromatic heterocycles. The van der Waals surface area contributed by atoms with Crippen molar-refractivity contribution in [1.82, 2.24) is 24.5 Å². The third kappa shape index (κ3) is 2.65. The van der Waals surface area contributed by atoms with Crippen molar-refractivity contribution >= 4 is 5.69 Å². The first-order valence-corrected chi connectivity index (χ1v) is 6.86. The number of nitrogens with zero attached hydrogens (tertiary/aromatic N) is 5. The molecule has 0 amide bonds. The lowest BCUT2D eigenvalue weighted by Crippen LogP contribution is -2.10. The van der Waals surface area contributed by atoms with Crippen LogP contribution in [0.3, 0.4) is 0 Å². The average molecular weight is 282 g/mol. The lowest BCUT2D eigenvalue weighted by molar-refractivity contribution is 0.756. The van der Waals surface area contributed by atoms with Crippen LogP contribution in [0.25, 0.3) is 5.69 Å². The van der Waals surface area contributed by atoms with Gasteiger partial charge in [-0.2, -0.15) is 10.2 Å². The molecule has 0 saturated heterocycles. The number of rotatable bonds is 4. The Morgan fingerprint density at radius 1 is 1.24 bits per heavy atom. The molecule has 21 heavy (non-hydrogen) atoms. The van der Waals surface area contributed by atoms with Gasteiger partial charge in [0.05, 0.1) is 23.1 Å². The minimum absolute atomic E-state index is 0.156. The second kappa shape index (κ2) is 5.40. The van der Waals surface area contributed by atoms with E-state index in [4.69, 9.17) is 0 Å². The number of nitrogens with one attached hydrogen (secondary N) is 1. The number of hydrogen-bond acceptors (Lipinski definition) is 4. The average Bonchev–Trinajstić information content (AvgIpc) is 3.09. The Hall–Kier alpha value is -2.63. The zero-order chi connectivity index (χ0) is 14.8. The molecule has 108 valence electrons. The van der Waals surface area contributed by atoms with Crippen LogP contribution in [0.2, 0.25) is 0 Å². The molecule has 6 nitrogen and oxygen atoms in total. The molecule has 1 unspecified atom stereocenters. The van der Waals surface area contributed by atoms with Gasteiger partial charge in [0.1, 0.15) is 12.7 Å². The molecule has 6 heteroatoms. The van der Waals surface area contributed by atoms with Crippen molar-refractivity contribution < 1.29 is 0 Å². The van der Waals surface area contributed by atoms with E-state index in [0.29, 0.717) is 0 Å². The summed E-state index contributed by atoms with van der Waals surface area (Å²) in [6, 6.07) is 8.20. The maximum atomic E-state index is 4.40. The van der Waals surface area contributed by atoms with Crippen LogP contribution in [0.15, 0.2) is 43.1 Å². The maximum Gasteiger partial charge on any atom is 0.138 e. The normalized spacial score (nSPS) is 12.3. The monoisotopic (exact) mass is 282 g/mol. The molecule has 0 aliphatic rings. The number of anilines is 1. The summed E-state index contributed by atoms with van der Waals surface area (Å²) in [5.74, 6) is 0. The summed E-state index contributed by atoms with van der Waals surface area (Å²) in [6.45, 7) is 4.15. The van der Waals surface area contributed by atoms with Crippen LogP contribution in [-0.2, 0) is 7.05 Å². The Morgan fingerprint density at radius 2 is 2.05 bits per heavy atom. The van der Waals surface area contributed by atoms with E-state index in [1.165, 1.54) is 11.9 Å². The molecule has 0 radical (unpaired) electrons. The van der Waals surface area contributed by atoms with Crippen LogP contribution in [0, 0.1) is 6.92 Å². The Labute approximate surface area is 123 Å². The largest absolute Gasteiger partial charge is 0.377 e. The second-order valence-electron chi connectivity index (χ2n) is 5.07. The first-order chi connectivity index (χ1) is 10.1. The zero-order valence-electron chi connectivity index (χ0n) is 12.4. The Kier molecular flexibility index (Phi) is 3.43. The molecule has 0 bridgehead atoms. The highest BCUT2D eigenvalue weighted by molar-refractivity contribution is 5.61. The van der Waals surface area contributed by atoms with Crippen molar-refractivity contribution in [3.8, 4) is 5.69 Å². The molecule has 1 atom stereocenters. The second-order valence-corrected chi connectivity index (χ2v) is 5.07. The van der Waals surface area contributed by atoms with Crippen LogP contribution in [0.5, 0.6) is 0 Å². The van der Waals surface area contributed by atoms with Gasteiger partial charge in [0, 0.05) is 18.8 Å². The third-order valence-corrected chi connectivity index (χ3v) is 3.46. The highest BCUT2D eigenvalue weighted by atomic mass is 15.3. The van der Waals surface area contributed by atoms with Gasteiger partial charge in [0.15, 0.2) is 0 Å². The molecule has 0 aliphatic heterocycles. The summed E-state index contributed by atoms with van der Waals surface area (Å²) in [4.78, 5) is 4.01. The van der Waals surface area contributed by atoms with Crippen molar-refractivity contribution in [1.29, 1.82) is 0 Å². The fraction of sp³-hybridized carbons (Fsp3) is 0.267. The van der Waals surface area contributed by atoms with Gasteiger partial charge in [0.2, 0.25) is 0 Å². The minimum atomic E-state index is 0.156. The van der Waals surface area contributed by atoms with E-state index >= 15 is 0 Å². The molecule has 0 fully saturated rings. The van der Waals surface area contributed by atoms with E-state index in [9.17, 15) is 0 Å². The van der Waals surface area contributed by atoms with E-state index < -0.39 is 0 Å². The predicted molar refractivity (Wildman–Crippen MR) is 81.3 cm³/mol. The van der Waals surface area contributed by atoms with Crippen LogP contribution in [-0.4, -0.2) is 24.5 Å². The standard InChI is InChI=1S/C15H18N6/c1-11(13-8-20(3)19-12(13)2)18-14-6-4-5-7-15(14)21-10-16-9-17-21/h4-11,18H,1-3H3. The van der Waals surface area contributed by atoms with Gasteiger partial charge in [-0.3, -0.25) is 4.68 Å². The van der Waals surface area contributed by atoms with E-state index in [0.717, 1.165) is 17.1 Å². The molecular formula is C15H18N6. The SMILES string of the molecule is Cc1nn(C)cc1C(C)Nc1ccccc1-n1cncn1. The lowest BCUT2D eigenvalue weighted by atomic mass is 10.1. The van der Waals surface area contributed by atoms with Crippen molar-refractivity contribution in [2.45, 2.75) is 19.9 Å². The number of benzene rings is 1. The topological polar surface area (TPSA) is 60.6 Å². The lowest BCUT2D eigenvalue weighted by Gasteiger charge is -2.17. The van der Waals surface area contributed by atoms with Gasteiger partial charge in [-0.1, -0.05) is 12.1 Å². The van der Waals surface area contributed by atoms with E-state index in [-0.39, 0.29) is 6.04 Å². The number of aryl methyl sites for hydroxylation is 2. The molecule has 1 N–H and O–H groups in total. The van der Waals surface area contributed by atoms with E-state index in [1.54, 1.807) is 11.0 Å². The molecule has 0 spiro atoms. The Bertz CT molecular complexity index is 728. The van der Waals surface area contributed by atoms with Gasteiger partial charge in [-0.05, 0) is 26.0 Å². The van der Waals surface area contributed by atoms with Crippen molar-refractivity contribution in [2.75, 3.05) is 5.32 Å². The first-order valence-electron chi connectivity index (χ1n) is 6.86. The maximum absolute atomic E-state index is 4.40. The fourth-order valence-corrected chi connectivity index (χ4v) is 2.48. The molecule has 0 aliphatic carbocycles. The van der Waals surface area contributed by atoms with Crippen LogP contribution < -0.4 is 5.32 Å². The molecule has 3 aromatic rings. The van der Waals surface area contributed by atoms with E-state index in [2.05, 4.69) is 27.4 Å². The van der Waals surface area contributed by atoms with Gasteiger partial charge < -0.3 is 5.32 Å². The molecule has 3 rings (SSSR count). The molecule has 1 aromatic carbocycles. The number of para-hydroxylation sites is 2. The van der Waals surface area contributed by atoms with Gasteiger partial charge in [-0.15, -0.1) is 0 Å². The highest BCUT2D eigenvalue weighted by Gasteiger charge is 2.13. The van der Waals surface area contributed by atoms with E-state index in [1.807, 2.05) is 49.1 Å². The van der Waals surface area contributed by atoms with Crippen molar-refractivity contribution in [3.63, 3.8) is 0 Å².